The van der Waals surface area contributed by atoms with Crippen molar-refractivity contribution >= 4 is 17.2 Å². The minimum absolute atomic E-state index is 0.182. The van der Waals surface area contributed by atoms with Crippen LogP contribution in [0.4, 0.5) is 0 Å². The van der Waals surface area contributed by atoms with Crippen LogP contribution in [0.15, 0.2) is 17.8 Å². The first kappa shape index (κ1) is 14.6. The van der Waals surface area contributed by atoms with Gasteiger partial charge in [-0.25, -0.2) is 0 Å². The van der Waals surface area contributed by atoms with E-state index in [2.05, 4.69) is 15.5 Å². The zero-order chi connectivity index (χ0) is 14.5. The molecule has 0 aliphatic carbocycles. The number of carbonyl (C=O) groups is 1. The highest BCUT2D eigenvalue weighted by Gasteiger charge is 2.21. The molecule has 1 amide bonds. The maximum Gasteiger partial charge on any atom is 0.265 e. The van der Waals surface area contributed by atoms with Crippen LogP contribution >= 0.6 is 11.3 Å². The van der Waals surface area contributed by atoms with Crippen LogP contribution in [0.25, 0.3) is 5.69 Å². The van der Waals surface area contributed by atoms with E-state index in [0.717, 1.165) is 0 Å². The third-order valence-corrected chi connectivity index (χ3v) is 3.52. The molecule has 8 nitrogen and oxygen atoms in total. The van der Waals surface area contributed by atoms with Gasteiger partial charge in [0.15, 0.2) is 0 Å². The molecule has 0 aliphatic heterocycles. The van der Waals surface area contributed by atoms with Crippen LogP contribution in [0.1, 0.15) is 9.67 Å². The summed E-state index contributed by atoms with van der Waals surface area (Å²) in [5.41, 5.74) is 0.623. The Hall–Kier alpha value is -1.84. The molecule has 0 aliphatic rings. The van der Waals surface area contributed by atoms with E-state index in [1.165, 1.54) is 34.4 Å². The van der Waals surface area contributed by atoms with Crippen LogP contribution in [0.5, 0.6) is 0 Å². The Balaban J connectivity index is 2.12. The number of aliphatic hydroxyl groups excluding tert-OH is 1. The molecule has 2 aromatic rings. The number of hydrogen-bond acceptors (Lipinski definition) is 7. The predicted octanol–water partition coefficient (Wildman–Crippen LogP) is -0.197. The lowest BCUT2D eigenvalue weighted by Crippen LogP contribution is -2.36. The van der Waals surface area contributed by atoms with Gasteiger partial charge in [0, 0.05) is 20.7 Å². The summed E-state index contributed by atoms with van der Waals surface area (Å²) in [4.78, 5) is 14.3. The van der Waals surface area contributed by atoms with E-state index in [1.54, 1.807) is 18.5 Å². The van der Waals surface area contributed by atoms with Crippen molar-refractivity contribution in [3.63, 3.8) is 0 Å². The first-order chi connectivity index (χ1) is 9.63. The van der Waals surface area contributed by atoms with Gasteiger partial charge in [-0.2, -0.15) is 4.68 Å². The normalized spacial score (nSPS) is 12.3. The van der Waals surface area contributed by atoms with Crippen LogP contribution < -0.4 is 0 Å². The number of rotatable bonds is 6. The molecule has 0 aromatic carbocycles. The molecule has 0 fully saturated rings. The number of nitrogens with zero attached hydrogens (tertiary/aromatic N) is 5. The monoisotopic (exact) mass is 297 g/mol. The zero-order valence-corrected chi connectivity index (χ0v) is 11.9. The van der Waals surface area contributed by atoms with Gasteiger partial charge in [-0.15, -0.1) is 16.4 Å². The van der Waals surface area contributed by atoms with Gasteiger partial charge in [0.1, 0.15) is 11.2 Å². The Morgan fingerprint density at radius 2 is 2.45 bits per heavy atom. The number of ether oxygens (including phenoxy) is 1. The molecule has 0 spiro atoms. The summed E-state index contributed by atoms with van der Waals surface area (Å²) in [5.74, 6) is -0.194. The third-order valence-electron chi connectivity index (χ3n) is 2.62. The largest absolute Gasteiger partial charge is 0.389 e. The number of amides is 1. The molecule has 0 saturated carbocycles. The Bertz CT molecular complexity index is 556. The first-order valence-corrected chi connectivity index (χ1v) is 6.74. The fourth-order valence-corrected chi connectivity index (χ4v) is 2.60. The highest BCUT2D eigenvalue weighted by molar-refractivity contribution is 7.12. The van der Waals surface area contributed by atoms with Gasteiger partial charge in [-0.1, -0.05) is 0 Å². The molecule has 2 heterocycles. The fraction of sp³-hybridized carbons (Fsp3) is 0.455. The van der Waals surface area contributed by atoms with E-state index in [-0.39, 0.29) is 19.1 Å². The second-order valence-corrected chi connectivity index (χ2v) is 5.10. The SMILES string of the molecule is COCC(O)CN(C)C(=O)c1sccc1-n1cnnn1. The first-order valence-electron chi connectivity index (χ1n) is 5.86. The van der Waals surface area contributed by atoms with E-state index in [4.69, 9.17) is 4.74 Å². The zero-order valence-electron chi connectivity index (χ0n) is 11.1. The van der Waals surface area contributed by atoms with Gasteiger partial charge < -0.3 is 14.7 Å². The molecular weight excluding hydrogens is 282 g/mol. The molecular formula is C11H15N5O3S. The molecule has 1 unspecified atom stereocenters. The van der Waals surface area contributed by atoms with Crippen molar-refractivity contribution < 1.29 is 14.6 Å². The second-order valence-electron chi connectivity index (χ2n) is 4.18. The average Bonchev–Trinajstić information content (AvgIpc) is 3.08. The number of hydrogen-bond donors (Lipinski definition) is 1. The summed E-state index contributed by atoms with van der Waals surface area (Å²) in [5, 5.41) is 22.3. The molecule has 2 rings (SSSR count). The number of aliphatic hydroxyl groups is 1. The Morgan fingerprint density at radius 3 is 3.10 bits per heavy atom. The quantitative estimate of drug-likeness (QED) is 0.794. The lowest BCUT2D eigenvalue weighted by molar-refractivity contribution is 0.0382. The van der Waals surface area contributed by atoms with E-state index in [1.807, 2.05) is 0 Å². The van der Waals surface area contributed by atoms with Gasteiger partial charge >= 0.3 is 0 Å². The maximum absolute atomic E-state index is 12.4. The van der Waals surface area contributed by atoms with Gasteiger partial charge in [0.25, 0.3) is 5.91 Å². The van der Waals surface area contributed by atoms with Crippen molar-refractivity contribution in [2.45, 2.75) is 6.10 Å². The van der Waals surface area contributed by atoms with E-state index >= 15 is 0 Å². The van der Waals surface area contributed by atoms with Crippen LogP contribution in [0, 0.1) is 0 Å². The molecule has 2 aromatic heterocycles. The Labute approximate surface area is 119 Å². The van der Waals surface area contributed by atoms with Gasteiger partial charge in [0.05, 0.1) is 18.4 Å². The van der Waals surface area contributed by atoms with Gasteiger partial charge in [-0.3, -0.25) is 4.79 Å². The number of aromatic nitrogens is 4. The summed E-state index contributed by atoms with van der Waals surface area (Å²) in [6, 6.07) is 1.77. The van der Waals surface area contributed by atoms with Crippen molar-refractivity contribution in [2.75, 3.05) is 27.3 Å². The highest BCUT2D eigenvalue weighted by atomic mass is 32.1. The lowest BCUT2D eigenvalue weighted by Gasteiger charge is -2.20. The van der Waals surface area contributed by atoms with Crippen LogP contribution in [0.3, 0.4) is 0 Å². The number of thiophene rings is 1. The topological polar surface area (TPSA) is 93.4 Å². The molecule has 1 atom stereocenters. The predicted molar refractivity (Wildman–Crippen MR) is 71.9 cm³/mol. The number of carbonyl (C=O) groups excluding carboxylic acids is 1. The van der Waals surface area contributed by atoms with E-state index < -0.39 is 6.10 Å². The maximum atomic E-state index is 12.4. The molecule has 0 radical (unpaired) electrons. The summed E-state index contributed by atoms with van der Waals surface area (Å²) in [6.07, 6.45) is 0.712. The number of methoxy groups -OCH3 is 1. The van der Waals surface area contributed by atoms with E-state index in [9.17, 15) is 9.90 Å². The minimum Gasteiger partial charge on any atom is -0.389 e. The van der Waals surface area contributed by atoms with Crippen LogP contribution in [-0.2, 0) is 4.74 Å². The van der Waals surface area contributed by atoms with Crippen molar-refractivity contribution in [1.29, 1.82) is 0 Å². The Morgan fingerprint density at radius 1 is 1.65 bits per heavy atom. The van der Waals surface area contributed by atoms with Crippen molar-refractivity contribution in [3.05, 3.63) is 22.7 Å². The summed E-state index contributed by atoms with van der Waals surface area (Å²) in [6.45, 7) is 0.377. The van der Waals surface area contributed by atoms with Crippen LogP contribution in [0.2, 0.25) is 0 Å². The minimum atomic E-state index is -0.717. The van der Waals surface area contributed by atoms with Crippen molar-refractivity contribution in [1.82, 2.24) is 25.1 Å². The molecule has 9 heteroatoms. The lowest BCUT2D eigenvalue weighted by atomic mass is 10.3. The van der Waals surface area contributed by atoms with Gasteiger partial charge in [-0.05, 0) is 21.9 Å². The highest BCUT2D eigenvalue weighted by Crippen LogP contribution is 2.21. The van der Waals surface area contributed by atoms with Crippen molar-refractivity contribution in [3.8, 4) is 5.69 Å². The molecule has 108 valence electrons. The smallest absolute Gasteiger partial charge is 0.265 e. The second kappa shape index (κ2) is 6.55. The summed E-state index contributed by atoms with van der Waals surface area (Å²) < 4.78 is 6.28. The van der Waals surface area contributed by atoms with Gasteiger partial charge in [0.2, 0.25) is 0 Å². The molecule has 1 N–H and O–H groups in total. The molecule has 0 saturated heterocycles. The van der Waals surface area contributed by atoms with Crippen LogP contribution in [-0.4, -0.2) is 69.5 Å². The number of tetrazole rings is 1. The fourth-order valence-electron chi connectivity index (χ4n) is 1.73. The number of likely N-dealkylation sites (N-methyl/N-ethyl adjacent to an activating group) is 1. The Kier molecular flexibility index (Phi) is 4.77. The van der Waals surface area contributed by atoms with E-state index in [0.29, 0.717) is 10.6 Å². The standard InChI is InChI=1S/C11H15N5O3S/c1-15(5-8(17)6-19-2)11(18)10-9(3-4-20-10)16-7-12-13-14-16/h3-4,7-8,17H,5-6H2,1-2H3. The molecule has 0 bridgehead atoms. The summed E-state index contributed by atoms with van der Waals surface area (Å²) >= 11 is 1.30. The average molecular weight is 297 g/mol. The summed E-state index contributed by atoms with van der Waals surface area (Å²) in [7, 11) is 3.13. The molecule has 20 heavy (non-hydrogen) atoms. The third kappa shape index (κ3) is 3.18. The van der Waals surface area contributed by atoms with Crippen molar-refractivity contribution in [2.24, 2.45) is 0 Å².